The summed E-state index contributed by atoms with van der Waals surface area (Å²) in [5.74, 6) is 1.29. The van der Waals surface area contributed by atoms with E-state index in [9.17, 15) is 14.4 Å². The van der Waals surface area contributed by atoms with Crippen LogP contribution >= 0.6 is 0 Å². The molecule has 4 heterocycles. The molecular formula is C46H59N9O6. The summed E-state index contributed by atoms with van der Waals surface area (Å²) in [6.07, 6.45) is 3.85. The summed E-state index contributed by atoms with van der Waals surface area (Å²) in [4.78, 5) is 77.2. The first-order valence-electron chi connectivity index (χ1n) is 21.1. The van der Waals surface area contributed by atoms with Gasteiger partial charge < -0.3 is 39.6 Å². The molecule has 2 aromatic heterocycles. The monoisotopic (exact) mass is 833 g/mol. The Kier molecular flexibility index (Phi) is 12.7. The summed E-state index contributed by atoms with van der Waals surface area (Å²) in [6.45, 7) is 14.2. The first-order valence-corrected chi connectivity index (χ1v) is 21.1. The summed E-state index contributed by atoms with van der Waals surface area (Å²) in [5.41, 5.74) is 5.81. The van der Waals surface area contributed by atoms with Gasteiger partial charge in [0.25, 0.3) is 0 Å². The number of likely N-dealkylation sites (tertiary alicyclic amines) is 2. The van der Waals surface area contributed by atoms with Gasteiger partial charge in [0.1, 0.15) is 23.7 Å². The number of fused-ring (bicyclic) bond motifs is 2. The van der Waals surface area contributed by atoms with Crippen LogP contribution < -0.4 is 10.2 Å². The molecule has 2 aliphatic rings. The highest BCUT2D eigenvalue weighted by Gasteiger charge is 2.42. The second-order valence-electron chi connectivity index (χ2n) is 18.2. The second kappa shape index (κ2) is 17.9. The van der Waals surface area contributed by atoms with Crippen molar-refractivity contribution in [1.29, 1.82) is 0 Å². The molecule has 0 unspecified atom stereocenters. The van der Waals surface area contributed by atoms with Crippen molar-refractivity contribution >= 4 is 52.1 Å². The number of carbonyl (C=O) groups excluding carboxylic acids is 3. The lowest BCUT2D eigenvalue weighted by Gasteiger charge is -2.34. The number of imidazole rings is 2. The van der Waals surface area contributed by atoms with Gasteiger partial charge >= 0.3 is 6.09 Å². The van der Waals surface area contributed by atoms with Crippen LogP contribution in [0.5, 0.6) is 0 Å². The number of alkyl carbamates (subject to hydrolysis) is 1. The van der Waals surface area contributed by atoms with Gasteiger partial charge in [-0.3, -0.25) is 9.59 Å². The lowest BCUT2D eigenvalue weighted by molar-refractivity contribution is -0.188. The van der Waals surface area contributed by atoms with Crippen LogP contribution in [0.3, 0.4) is 0 Å². The van der Waals surface area contributed by atoms with E-state index in [-0.39, 0.29) is 23.9 Å². The van der Waals surface area contributed by atoms with E-state index in [0.717, 1.165) is 76.2 Å². The molecule has 324 valence electrons. The van der Waals surface area contributed by atoms with E-state index in [2.05, 4.69) is 72.5 Å². The molecule has 61 heavy (non-hydrogen) atoms. The number of nitrogens with one attached hydrogen (secondary N) is 3. The molecule has 3 aromatic carbocycles. The standard InChI is InChI=1S/C46H59N9O6/c1-45(2,3)38(47-28-61-60-8)42(56)54-22-12-16-36(54)40-48-32-20-18-29(24-34(32)50-40)26-53(31-14-10-9-11-15-31)27-30-19-21-33-35(25-30)51-41(49-33)37-17-13-23-55(37)43(57)39(46(4,5)6)52-44(58)59-7/h9-11,14-15,18-21,24-25,28,36-39H,12-13,16-17,22-23,26-27H2,1-8H3,(H,48,50)(H,49,51)(H,52,58)/b47-28-/t36-,37-,38+,39+/m0/s1. The third kappa shape index (κ3) is 9.67. The number of nitrogens with zero attached hydrogens (tertiary/aromatic N) is 6. The summed E-state index contributed by atoms with van der Waals surface area (Å²) in [7, 11) is 2.70. The first-order chi connectivity index (χ1) is 29.1. The smallest absolute Gasteiger partial charge is 0.407 e. The number of aromatic amines is 2. The Bertz CT molecular complexity index is 2360. The maximum atomic E-state index is 13.9. The average Bonchev–Trinajstić information content (AvgIpc) is 4.06. The molecule has 0 bridgehead atoms. The first kappa shape index (κ1) is 43.1. The minimum Gasteiger partial charge on any atom is -0.453 e. The Morgan fingerprint density at radius 3 is 2.03 bits per heavy atom. The van der Waals surface area contributed by atoms with Crippen LogP contribution in [-0.2, 0) is 37.2 Å². The summed E-state index contributed by atoms with van der Waals surface area (Å²) in [6, 6.07) is 21.1. The molecule has 2 aliphatic heterocycles. The highest BCUT2D eigenvalue weighted by Crippen LogP contribution is 2.37. The van der Waals surface area contributed by atoms with Crippen LogP contribution in [0.25, 0.3) is 22.1 Å². The number of carbonyl (C=O) groups is 3. The van der Waals surface area contributed by atoms with Crippen molar-refractivity contribution in [3.8, 4) is 0 Å². The van der Waals surface area contributed by atoms with E-state index in [4.69, 9.17) is 19.6 Å². The number of hydrogen-bond donors (Lipinski definition) is 3. The molecule has 0 spiro atoms. The number of benzene rings is 3. The molecule has 5 aromatic rings. The van der Waals surface area contributed by atoms with Gasteiger partial charge in [-0.15, -0.1) is 0 Å². The Morgan fingerprint density at radius 2 is 1.41 bits per heavy atom. The van der Waals surface area contributed by atoms with Crippen molar-refractivity contribution in [3.63, 3.8) is 0 Å². The number of aliphatic imine (C=N–C) groups is 1. The topological polar surface area (TPSA) is 170 Å². The number of rotatable bonds is 13. The molecule has 15 heteroatoms. The number of H-pyrrole nitrogens is 2. The SMILES string of the molecule is COO/C=N\[C@H](C(=O)N1CCC[C@H]1c1nc2cc(CN(Cc3ccc4nc([C@@H]5CCCN5C(=O)[C@@H](NC(=O)OC)C(C)(C)C)[nH]c4c3)c3ccccc3)ccc2[nH]1)C(C)(C)C. The van der Waals surface area contributed by atoms with Gasteiger partial charge in [0.05, 0.1) is 48.4 Å². The van der Waals surface area contributed by atoms with Crippen LogP contribution in [0.4, 0.5) is 10.5 Å². The van der Waals surface area contributed by atoms with Gasteiger partial charge in [-0.25, -0.2) is 19.8 Å². The van der Waals surface area contributed by atoms with Crippen molar-refractivity contribution < 1.29 is 28.9 Å². The molecular weight excluding hydrogens is 775 g/mol. The second-order valence-corrected chi connectivity index (χ2v) is 18.2. The predicted octanol–water partition coefficient (Wildman–Crippen LogP) is 7.76. The maximum Gasteiger partial charge on any atom is 0.407 e. The highest BCUT2D eigenvalue weighted by molar-refractivity contribution is 5.87. The van der Waals surface area contributed by atoms with Gasteiger partial charge in [-0.2, -0.15) is 4.89 Å². The minimum absolute atomic E-state index is 0.0648. The van der Waals surface area contributed by atoms with Crippen molar-refractivity contribution in [2.45, 2.75) is 104 Å². The van der Waals surface area contributed by atoms with Gasteiger partial charge in [0.15, 0.2) is 0 Å². The number of methoxy groups -OCH3 is 1. The zero-order valence-electron chi connectivity index (χ0n) is 36.5. The van der Waals surface area contributed by atoms with E-state index < -0.39 is 29.0 Å². The van der Waals surface area contributed by atoms with E-state index in [1.807, 2.05) is 75.6 Å². The van der Waals surface area contributed by atoms with Gasteiger partial charge in [0, 0.05) is 31.9 Å². The third-order valence-electron chi connectivity index (χ3n) is 11.7. The summed E-state index contributed by atoms with van der Waals surface area (Å²) >= 11 is 0. The Balaban J connectivity index is 1.10. The number of ether oxygens (including phenoxy) is 1. The number of aromatic nitrogens is 4. The number of para-hydroxylation sites is 1. The van der Waals surface area contributed by atoms with Crippen LogP contribution in [0, 0.1) is 10.8 Å². The fourth-order valence-electron chi connectivity index (χ4n) is 8.54. The lowest BCUT2D eigenvalue weighted by atomic mass is 9.85. The number of amides is 3. The normalized spacial score (nSPS) is 18.2. The zero-order chi connectivity index (χ0) is 43.5. The molecule has 3 N–H and O–H groups in total. The molecule has 0 aliphatic carbocycles. The van der Waals surface area contributed by atoms with E-state index in [1.54, 1.807) is 0 Å². The third-order valence-corrected chi connectivity index (χ3v) is 11.7. The van der Waals surface area contributed by atoms with Crippen molar-refractivity contribution in [3.05, 3.63) is 89.5 Å². The summed E-state index contributed by atoms with van der Waals surface area (Å²) in [5, 5.41) is 2.76. The van der Waals surface area contributed by atoms with E-state index >= 15 is 0 Å². The molecule has 3 amide bonds. The van der Waals surface area contributed by atoms with Crippen LogP contribution in [0.2, 0.25) is 0 Å². The van der Waals surface area contributed by atoms with Crippen LogP contribution in [0.15, 0.2) is 71.7 Å². The lowest BCUT2D eigenvalue weighted by Crippen LogP contribution is -2.54. The minimum atomic E-state index is -0.750. The fraction of sp³-hybridized carbons (Fsp3) is 0.478. The molecule has 15 nitrogen and oxygen atoms in total. The molecule has 2 fully saturated rings. The fourth-order valence-corrected chi connectivity index (χ4v) is 8.54. The molecule has 2 saturated heterocycles. The Labute approximate surface area is 357 Å². The summed E-state index contributed by atoms with van der Waals surface area (Å²) < 4.78 is 4.84. The predicted molar refractivity (Wildman–Crippen MR) is 235 cm³/mol. The van der Waals surface area contributed by atoms with Crippen LogP contribution in [-0.4, -0.2) is 93.4 Å². The highest BCUT2D eigenvalue weighted by atomic mass is 17.2. The van der Waals surface area contributed by atoms with Gasteiger partial charge in [-0.05, 0) is 84.0 Å². The Hall–Kier alpha value is -5.96. The molecule has 0 radical (unpaired) electrons. The number of hydrogen-bond acceptors (Lipinski definition) is 10. The van der Waals surface area contributed by atoms with Crippen molar-refractivity contribution in [1.82, 2.24) is 35.1 Å². The largest absolute Gasteiger partial charge is 0.453 e. The van der Waals surface area contributed by atoms with Crippen molar-refractivity contribution in [2.75, 3.05) is 32.2 Å². The maximum absolute atomic E-state index is 13.9. The van der Waals surface area contributed by atoms with Gasteiger partial charge in [0.2, 0.25) is 18.2 Å². The average molecular weight is 834 g/mol. The Morgan fingerprint density at radius 1 is 0.803 bits per heavy atom. The van der Waals surface area contributed by atoms with E-state index in [0.29, 0.717) is 26.2 Å². The zero-order valence-corrected chi connectivity index (χ0v) is 36.5. The van der Waals surface area contributed by atoms with Crippen LogP contribution in [0.1, 0.15) is 102 Å². The molecule has 7 rings (SSSR count). The van der Waals surface area contributed by atoms with Crippen molar-refractivity contribution in [2.24, 2.45) is 15.8 Å². The molecule has 0 saturated carbocycles. The van der Waals surface area contributed by atoms with E-state index in [1.165, 1.54) is 20.6 Å². The molecule has 4 atom stereocenters. The number of anilines is 1. The quantitative estimate of drug-likeness (QED) is 0.0464. The van der Waals surface area contributed by atoms with Gasteiger partial charge in [-0.1, -0.05) is 71.9 Å².